The molecule has 0 unspecified atom stereocenters. The molecule has 9 heteroatoms. The van der Waals surface area contributed by atoms with Crippen molar-refractivity contribution >= 4 is 27.3 Å². The van der Waals surface area contributed by atoms with Gasteiger partial charge in [-0.25, -0.2) is 8.42 Å². The van der Waals surface area contributed by atoms with Crippen LogP contribution in [0.4, 0.5) is 11.4 Å². The minimum Gasteiger partial charge on any atom is -0.490 e. The van der Waals surface area contributed by atoms with E-state index >= 15 is 0 Å². The number of nitrogens with one attached hydrogen (secondary N) is 3. The summed E-state index contributed by atoms with van der Waals surface area (Å²) in [5, 5.41) is 6.16. The Bertz CT molecular complexity index is 1220. The summed E-state index contributed by atoms with van der Waals surface area (Å²) in [4.78, 5) is 12.4. The van der Waals surface area contributed by atoms with Crippen LogP contribution in [-0.4, -0.2) is 40.6 Å². The Labute approximate surface area is 199 Å². The Hall–Kier alpha value is -3.72. The molecule has 0 aliphatic carbocycles. The van der Waals surface area contributed by atoms with Gasteiger partial charge in [-0.2, -0.15) is 0 Å². The maximum absolute atomic E-state index is 12.8. The minimum absolute atomic E-state index is 0.0719. The first kappa shape index (κ1) is 23.4. The van der Waals surface area contributed by atoms with Gasteiger partial charge in [-0.15, -0.1) is 0 Å². The summed E-state index contributed by atoms with van der Waals surface area (Å²) < 4.78 is 39.3. The molecule has 8 nitrogen and oxygen atoms in total. The van der Waals surface area contributed by atoms with Crippen LogP contribution < -0.4 is 24.8 Å². The summed E-state index contributed by atoms with van der Waals surface area (Å²) in [6.45, 7) is 2.26. The number of carbonyl (C=O) groups excluding carboxylic acids is 1. The zero-order chi connectivity index (χ0) is 23.8. The molecule has 0 radical (unpaired) electrons. The molecule has 0 spiro atoms. The van der Waals surface area contributed by atoms with E-state index in [0.717, 1.165) is 25.1 Å². The summed E-state index contributed by atoms with van der Waals surface area (Å²) in [5.74, 6) is 0.728. The smallest absolute Gasteiger partial charge is 0.262 e. The number of benzene rings is 3. The molecule has 178 valence electrons. The summed E-state index contributed by atoms with van der Waals surface area (Å²) in [7, 11) is -3.83. The molecule has 0 atom stereocenters. The van der Waals surface area contributed by atoms with E-state index in [1.807, 2.05) is 30.3 Å². The third-order valence-corrected chi connectivity index (χ3v) is 6.55. The molecule has 1 heterocycles. The molecule has 1 aliphatic heterocycles. The summed E-state index contributed by atoms with van der Waals surface area (Å²) in [5.41, 5.74) is 1.85. The molecule has 1 aliphatic rings. The molecule has 3 aromatic carbocycles. The predicted molar refractivity (Wildman–Crippen MR) is 131 cm³/mol. The second-order valence-electron chi connectivity index (χ2n) is 7.74. The molecular weight excluding hydrogens is 454 g/mol. The second kappa shape index (κ2) is 10.9. The van der Waals surface area contributed by atoms with Crippen molar-refractivity contribution in [2.45, 2.75) is 17.7 Å². The Morgan fingerprint density at radius 2 is 1.56 bits per heavy atom. The molecule has 0 fully saturated rings. The molecule has 0 bridgehead atoms. The molecule has 0 aromatic heterocycles. The van der Waals surface area contributed by atoms with E-state index in [1.165, 1.54) is 12.1 Å². The van der Waals surface area contributed by atoms with E-state index in [-0.39, 0.29) is 10.8 Å². The van der Waals surface area contributed by atoms with Gasteiger partial charge in [0.05, 0.1) is 18.1 Å². The van der Waals surface area contributed by atoms with Crippen molar-refractivity contribution in [2.75, 3.05) is 36.3 Å². The van der Waals surface area contributed by atoms with Crippen molar-refractivity contribution in [1.82, 2.24) is 5.32 Å². The number of para-hydroxylation sites is 1. The third kappa shape index (κ3) is 6.20. The minimum atomic E-state index is -3.83. The summed E-state index contributed by atoms with van der Waals surface area (Å²) in [6.07, 6.45) is 1.51. The van der Waals surface area contributed by atoms with Crippen LogP contribution >= 0.6 is 0 Å². The topological polar surface area (TPSA) is 106 Å². The fourth-order valence-corrected chi connectivity index (χ4v) is 4.47. The van der Waals surface area contributed by atoms with Crippen LogP contribution in [0.1, 0.15) is 23.2 Å². The van der Waals surface area contributed by atoms with Crippen LogP contribution in [0.2, 0.25) is 0 Å². The fourth-order valence-electron chi connectivity index (χ4n) is 3.40. The van der Waals surface area contributed by atoms with Gasteiger partial charge in [-0.05, 0) is 55.0 Å². The normalized spacial score (nSPS) is 12.9. The first-order valence-corrected chi connectivity index (χ1v) is 12.6. The van der Waals surface area contributed by atoms with E-state index < -0.39 is 10.0 Å². The zero-order valence-corrected chi connectivity index (χ0v) is 19.4. The molecule has 0 saturated carbocycles. The van der Waals surface area contributed by atoms with Gasteiger partial charge in [0.25, 0.3) is 15.9 Å². The molecule has 4 rings (SSSR count). The van der Waals surface area contributed by atoms with Crippen molar-refractivity contribution in [3.63, 3.8) is 0 Å². The SMILES string of the molecule is O=C(NCCCNc1ccccc1)c1ccc(NS(=O)(=O)c2ccc3c(c2)OCCCO3)cc1. The van der Waals surface area contributed by atoms with Crippen LogP contribution in [0.5, 0.6) is 11.5 Å². The fraction of sp³-hybridized carbons (Fsp3) is 0.240. The van der Waals surface area contributed by atoms with E-state index in [0.29, 0.717) is 42.5 Å². The average molecular weight is 482 g/mol. The largest absolute Gasteiger partial charge is 0.490 e. The molecule has 3 aromatic rings. The molecule has 34 heavy (non-hydrogen) atoms. The predicted octanol–water partition coefficient (Wildman–Crippen LogP) is 3.88. The highest BCUT2D eigenvalue weighted by Gasteiger charge is 2.19. The van der Waals surface area contributed by atoms with Gasteiger partial charge in [-0.1, -0.05) is 18.2 Å². The Balaban J connectivity index is 1.29. The Morgan fingerprint density at radius 1 is 0.824 bits per heavy atom. The van der Waals surface area contributed by atoms with Gasteiger partial charge >= 0.3 is 0 Å². The van der Waals surface area contributed by atoms with Crippen molar-refractivity contribution in [3.05, 3.63) is 78.4 Å². The Morgan fingerprint density at radius 3 is 2.32 bits per heavy atom. The van der Waals surface area contributed by atoms with Gasteiger partial charge in [-0.3, -0.25) is 9.52 Å². The lowest BCUT2D eigenvalue weighted by molar-refractivity contribution is 0.0953. The number of ether oxygens (including phenoxy) is 2. The number of fused-ring (bicyclic) bond motifs is 1. The average Bonchev–Trinajstić information content (AvgIpc) is 3.09. The maximum Gasteiger partial charge on any atom is 0.262 e. The van der Waals surface area contributed by atoms with E-state index in [4.69, 9.17) is 9.47 Å². The lowest BCUT2D eigenvalue weighted by Gasteiger charge is -2.12. The van der Waals surface area contributed by atoms with Gasteiger partial charge in [0.2, 0.25) is 0 Å². The second-order valence-corrected chi connectivity index (χ2v) is 9.43. The number of hydrogen-bond acceptors (Lipinski definition) is 6. The first-order chi connectivity index (χ1) is 16.5. The first-order valence-electron chi connectivity index (χ1n) is 11.1. The van der Waals surface area contributed by atoms with Gasteiger partial charge < -0.3 is 20.1 Å². The van der Waals surface area contributed by atoms with E-state index in [9.17, 15) is 13.2 Å². The van der Waals surface area contributed by atoms with Crippen molar-refractivity contribution in [3.8, 4) is 11.5 Å². The van der Waals surface area contributed by atoms with Gasteiger partial charge in [0.1, 0.15) is 0 Å². The van der Waals surface area contributed by atoms with Gasteiger partial charge in [0, 0.05) is 42.5 Å². The number of sulfonamides is 1. The van der Waals surface area contributed by atoms with E-state index in [1.54, 1.807) is 30.3 Å². The molecular formula is C25H27N3O5S. The van der Waals surface area contributed by atoms with Crippen LogP contribution in [-0.2, 0) is 10.0 Å². The number of carbonyl (C=O) groups is 1. The summed E-state index contributed by atoms with van der Waals surface area (Å²) >= 11 is 0. The van der Waals surface area contributed by atoms with Crippen LogP contribution in [0, 0.1) is 0 Å². The van der Waals surface area contributed by atoms with Crippen molar-refractivity contribution in [2.24, 2.45) is 0 Å². The van der Waals surface area contributed by atoms with E-state index in [2.05, 4.69) is 15.4 Å². The lowest BCUT2D eigenvalue weighted by Crippen LogP contribution is -2.25. The number of amides is 1. The van der Waals surface area contributed by atoms with Crippen LogP contribution in [0.15, 0.2) is 77.7 Å². The van der Waals surface area contributed by atoms with Crippen LogP contribution in [0.3, 0.4) is 0 Å². The summed E-state index contributed by atoms with van der Waals surface area (Å²) in [6, 6.07) is 20.7. The highest BCUT2D eigenvalue weighted by atomic mass is 32.2. The molecule has 1 amide bonds. The highest BCUT2D eigenvalue weighted by Crippen LogP contribution is 2.32. The Kier molecular flexibility index (Phi) is 7.54. The van der Waals surface area contributed by atoms with Gasteiger partial charge in [0.15, 0.2) is 11.5 Å². The zero-order valence-electron chi connectivity index (χ0n) is 18.6. The van der Waals surface area contributed by atoms with Crippen molar-refractivity contribution in [1.29, 1.82) is 0 Å². The maximum atomic E-state index is 12.8. The molecule has 0 saturated heterocycles. The monoisotopic (exact) mass is 481 g/mol. The number of rotatable bonds is 9. The molecule has 3 N–H and O–H groups in total. The van der Waals surface area contributed by atoms with Crippen molar-refractivity contribution < 1.29 is 22.7 Å². The third-order valence-electron chi connectivity index (χ3n) is 5.17. The standard InChI is InChI=1S/C25H27N3O5S/c29-25(27-15-4-14-26-20-6-2-1-3-7-20)19-8-10-21(11-9-19)28-34(30,31)22-12-13-23-24(18-22)33-17-5-16-32-23/h1-3,6-13,18,26,28H,4-5,14-17H2,(H,27,29). The number of anilines is 2. The number of hydrogen-bond donors (Lipinski definition) is 3. The quantitative estimate of drug-likeness (QED) is 0.401. The lowest BCUT2D eigenvalue weighted by atomic mass is 10.2. The highest BCUT2D eigenvalue weighted by molar-refractivity contribution is 7.92. The van der Waals surface area contributed by atoms with Crippen LogP contribution in [0.25, 0.3) is 0 Å².